The van der Waals surface area contributed by atoms with E-state index in [4.69, 9.17) is 5.73 Å². The lowest BCUT2D eigenvalue weighted by Gasteiger charge is -2.38. The first-order chi connectivity index (χ1) is 10.5. The number of β-amino-alcohol motifs (C(OH)–C–C–N with tert-alkyl or cyclic N) is 1. The van der Waals surface area contributed by atoms with E-state index < -0.39 is 11.5 Å². The van der Waals surface area contributed by atoms with Crippen LogP contribution in [0.3, 0.4) is 0 Å². The molecule has 1 fully saturated rings. The van der Waals surface area contributed by atoms with Gasteiger partial charge in [-0.15, -0.1) is 0 Å². The van der Waals surface area contributed by atoms with Gasteiger partial charge in [0, 0.05) is 23.8 Å². The Labute approximate surface area is 127 Å². The van der Waals surface area contributed by atoms with Crippen LogP contribution in [-0.4, -0.2) is 45.5 Å². The Morgan fingerprint density at radius 3 is 2.95 bits per heavy atom. The second kappa shape index (κ2) is 5.46. The van der Waals surface area contributed by atoms with Crippen molar-refractivity contribution in [1.29, 1.82) is 0 Å². The van der Waals surface area contributed by atoms with Crippen LogP contribution < -0.4 is 5.73 Å². The van der Waals surface area contributed by atoms with Crippen LogP contribution in [0.25, 0.3) is 10.9 Å². The summed E-state index contributed by atoms with van der Waals surface area (Å²) in [7, 11) is 0. The van der Waals surface area contributed by atoms with Crippen molar-refractivity contribution in [2.45, 2.75) is 24.9 Å². The summed E-state index contributed by atoms with van der Waals surface area (Å²) >= 11 is 0. The van der Waals surface area contributed by atoms with Crippen molar-refractivity contribution >= 4 is 22.7 Å². The molecule has 4 N–H and O–H groups in total. The largest absolute Gasteiger partial charge is 0.388 e. The van der Waals surface area contributed by atoms with Crippen molar-refractivity contribution in [1.82, 2.24) is 9.88 Å². The van der Waals surface area contributed by atoms with Crippen molar-refractivity contribution in [3.05, 3.63) is 36.0 Å². The summed E-state index contributed by atoms with van der Waals surface area (Å²) in [6.07, 6.45) is 2.84. The molecule has 3 rings (SSSR count). The number of carbonyl (C=O) groups is 2. The van der Waals surface area contributed by atoms with Crippen LogP contribution in [0.4, 0.5) is 0 Å². The molecule has 1 saturated heterocycles. The number of rotatable bonds is 3. The smallest absolute Gasteiger partial charge is 0.254 e. The van der Waals surface area contributed by atoms with Crippen molar-refractivity contribution < 1.29 is 14.7 Å². The van der Waals surface area contributed by atoms with E-state index in [1.54, 1.807) is 17.0 Å². The van der Waals surface area contributed by atoms with Crippen LogP contribution in [-0.2, 0) is 4.79 Å². The van der Waals surface area contributed by atoms with Crippen molar-refractivity contribution in [3.8, 4) is 0 Å². The van der Waals surface area contributed by atoms with Gasteiger partial charge in [-0.25, -0.2) is 0 Å². The van der Waals surface area contributed by atoms with Gasteiger partial charge in [-0.3, -0.25) is 9.59 Å². The number of hydrogen-bond donors (Lipinski definition) is 3. The number of aromatic amines is 1. The van der Waals surface area contributed by atoms with Crippen molar-refractivity contribution in [3.63, 3.8) is 0 Å². The number of carbonyl (C=O) groups excluding carboxylic acids is 2. The second-order valence-corrected chi connectivity index (χ2v) is 5.98. The second-order valence-electron chi connectivity index (χ2n) is 5.98. The number of amides is 2. The summed E-state index contributed by atoms with van der Waals surface area (Å²) in [5.41, 5.74) is 5.44. The van der Waals surface area contributed by atoms with Crippen LogP contribution in [0.5, 0.6) is 0 Å². The number of hydrogen-bond acceptors (Lipinski definition) is 3. The monoisotopic (exact) mass is 301 g/mol. The molecule has 1 unspecified atom stereocenters. The first-order valence-corrected chi connectivity index (χ1v) is 7.34. The van der Waals surface area contributed by atoms with Gasteiger partial charge in [-0.2, -0.15) is 0 Å². The van der Waals surface area contributed by atoms with Crippen molar-refractivity contribution in [2.75, 3.05) is 13.1 Å². The number of aliphatic hydroxyl groups is 1. The number of nitrogens with zero attached hydrogens (tertiary/aromatic N) is 1. The van der Waals surface area contributed by atoms with E-state index in [0.717, 1.165) is 10.9 Å². The summed E-state index contributed by atoms with van der Waals surface area (Å²) in [6, 6.07) is 7.41. The molecule has 0 bridgehead atoms. The van der Waals surface area contributed by atoms with E-state index in [2.05, 4.69) is 4.98 Å². The maximum atomic E-state index is 12.6. The van der Waals surface area contributed by atoms with Crippen LogP contribution >= 0.6 is 0 Å². The topological polar surface area (TPSA) is 99.4 Å². The molecule has 2 amide bonds. The summed E-state index contributed by atoms with van der Waals surface area (Å²) < 4.78 is 0. The fraction of sp³-hybridized carbons (Fsp3) is 0.375. The average Bonchev–Trinajstić information content (AvgIpc) is 2.92. The number of fused-ring (bicyclic) bond motifs is 1. The Kier molecular flexibility index (Phi) is 3.62. The predicted molar refractivity (Wildman–Crippen MR) is 82.2 cm³/mol. The van der Waals surface area contributed by atoms with Gasteiger partial charge in [0.05, 0.1) is 18.6 Å². The Morgan fingerprint density at radius 1 is 1.36 bits per heavy atom. The number of benzene rings is 1. The number of aromatic nitrogens is 1. The molecule has 2 heterocycles. The van der Waals surface area contributed by atoms with Crippen LogP contribution in [0.1, 0.15) is 29.6 Å². The highest BCUT2D eigenvalue weighted by Gasteiger charge is 2.36. The van der Waals surface area contributed by atoms with Crippen LogP contribution in [0.15, 0.2) is 30.5 Å². The molecular formula is C16H19N3O3. The van der Waals surface area contributed by atoms with E-state index in [1.165, 1.54) is 0 Å². The summed E-state index contributed by atoms with van der Waals surface area (Å²) in [5, 5.41) is 11.5. The molecule has 0 spiro atoms. The third-order valence-corrected chi connectivity index (χ3v) is 4.15. The SMILES string of the molecule is NC(=O)CC1(O)CCCN(C(=O)c2ccc3cc[nH]c3c2)C1. The minimum Gasteiger partial charge on any atom is -0.388 e. The molecule has 0 aliphatic carbocycles. The first-order valence-electron chi connectivity index (χ1n) is 7.34. The van der Waals surface area contributed by atoms with Crippen molar-refractivity contribution in [2.24, 2.45) is 5.73 Å². The minimum absolute atomic E-state index is 0.119. The maximum Gasteiger partial charge on any atom is 0.254 e. The highest BCUT2D eigenvalue weighted by Crippen LogP contribution is 2.26. The molecule has 116 valence electrons. The van der Waals surface area contributed by atoms with Gasteiger partial charge in [-0.1, -0.05) is 6.07 Å². The highest BCUT2D eigenvalue weighted by molar-refractivity contribution is 5.98. The lowest BCUT2D eigenvalue weighted by atomic mass is 9.89. The van der Waals surface area contributed by atoms with E-state index in [0.29, 0.717) is 24.9 Å². The molecule has 0 saturated carbocycles. The number of likely N-dealkylation sites (tertiary alicyclic amines) is 1. The molecule has 6 heteroatoms. The molecule has 0 radical (unpaired) electrons. The van der Waals surface area contributed by atoms with Gasteiger partial charge in [0.1, 0.15) is 0 Å². The number of primary amides is 1. The van der Waals surface area contributed by atoms with E-state index in [1.807, 2.05) is 18.3 Å². The molecule has 1 aliphatic rings. The number of nitrogens with one attached hydrogen (secondary N) is 1. The third-order valence-electron chi connectivity index (χ3n) is 4.15. The molecule has 6 nitrogen and oxygen atoms in total. The zero-order chi connectivity index (χ0) is 15.7. The Hall–Kier alpha value is -2.34. The molecule has 1 aliphatic heterocycles. The van der Waals surface area contributed by atoms with Gasteiger partial charge in [0.2, 0.25) is 5.91 Å². The zero-order valence-electron chi connectivity index (χ0n) is 12.2. The lowest BCUT2D eigenvalue weighted by molar-refractivity contribution is -0.125. The van der Waals surface area contributed by atoms with Gasteiger partial charge >= 0.3 is 0 Å². The first kappa shape index (κ1) is 14.6. The molecular weight excluding hydrogens is 282 g/mol. The quantitative estimate of drug-likeness (QED) is 0.789. The van der Waals surface area contributed by atoms with E-state index in [9.17, 15) is 14.7 Å². The molecule has 22 heavy (non-hydrogen) atoms. The summed E-state index contributed by atoms with van der Waals surface area (Å²) in [5.74, 6) is -0.691. The number of H-pyrrole nitrogens is 1. The standard InChI is InChI=1S/C16H19N3O3/c17-14(20)9-16(22)5-1-7-19(10-16)15(21)12-3-2-11-4-6-18-13(11)8-12/h2-4,6,8,18,22H,1,5,7,9-10H2,(H2,17,20). The van der Waals surface area contributed by atoms with Gasteiger partial charge in [0.15, 0.2) is 0 Å². The normalized spacial score (nSPS) is 22.0. The maximum absolute atomic E-state index is 12.6. The molecule has 1 atom stereocenters. The number of nitrogens with two attached hydrogens (primary N) is 1. The number of piperidine rings is 1. The minimum atomic E-state index is -1.21. The summed E-state index contributed by atoms with van der Waals surface area (Å²) in [6.45, 7) is 0.709. The molecule has 1 aromatic carbocycles. The predicted octanol–water partition coefficient (Wildman–Crippen LogP) is 1.01. The molecule has 2 aromatic rings. The highest BCUT2D eigenvalue weighted by atomic mass is 16.3. The van der Waals surface area contributed by atoms with Crippen LogP contribution in [0, 0.1) is 0 Å². The van der Waals surface area contributed by atoms with Gasteiger partial charge in [-0.05, 0) is 36.4 Å². The van der Waals surface area contributed by atoms with E-state index >= 15 is 0 Å². The lowest BCUT2D eigenvalue weighted by Crippen LogP contribution is -2.51. The van der Waals surface area contributed by atoms with Gasteiger partial charge in [0.25, 0.3) is 5.91 Å². The Balaban J connectivity index is 1.80. The summed E-state index contributed by atoms with van der Waals surface area (Å²) in [4.78, 5) is 28.4. The third kappa shape index (κ3) is 2.82. The zero-order valence-corrected chi connectivity index (χ0v) is 12.2. The Bertz CT molecular complexity index is 724. The fourth-order valence-electron chi connectivity index (χ4n) is 3.12. The van der Waals surface area contributed by atoms with Gasteiger partial charge < -0.3 is 20.7 Å². The Morgan fingerprint density at radius 2 is 2.18 bits per heavy atom. The van der Waals surface area contributed by atoms with Crippen LogP contribution in [0.2, 0.25) is 0 Å². The van der Waals surface area contributed by atoms with E-state index in [-0.39, 0.29) is 18.9 Å². The fourth-order valence-corrected chi connectivity index (χ4v) is 3.12. The average molecular weight is 301 g/mol. The molecule has 1 aromatic heterocycles.